The first kappa shape index (κ1) is 17.1. The molecule has 132 valence electrons. The summed E-state index contributed by atoms with van der Waals surface area (Å²) in [6.07, 6.45) is 7.07. The Kier molecular flexibility index (Phi) is 4.73. The highest BCUT2D eigenvalue weighted by molar-refractivity contribution is 7.88. The lowest BCUT2D eigenvalue weighted by Crippen LogP contribution is -2.42. The predicted octanol–water partition coefficient (Wildman–Crippen LogP) is 0.970. The Morgan fingerprint density at radius 2 is 2.12 bits per heavy atom. The molecule has 2 aromatic heterocycles. The maximum Gasteiger partial charge on any atom is 0.208 e. The molecule has 3 rings (SSSR count). The average molecular weight is 352 g/mol. The maximum absolute atomic E-state index is 11.3. The zero-order chi connectivity index (χ0) is 17.3. The molecular weight excluding hydrogens is 328 g/mol. The molecule has 0 bridgehead atoms. The molecule has 1 aliphatic rings. The van der Waals surface area contributed by atoms with Crippen LogP contribution in [0.15, 0.2) is 6.20 Å². The maximum atomic E-state index is 11.3. The zero-order valence-corrected chi connectivity index (χ0v) is 15.2. The van der Waals surface area contributed by atoms with Gasteiger partial charge in [0.2, 0.25) is 10.0 Å². The van der Waals surface area contributed by atoms with Crippen molar-refractivity contribution in [1.82, 2.24) is 24.5 Å². The highest BCUT2D eigenvalue weighted by Gasteiger charge is 2.26. The van der Waals surface area contributed by atoms with Gasteiger partial charge in [0.25, 0.3) is 0 Å². The van der Waals surface area contributed by atoms with Gasteiger partial charge in [-0.05, 0) is 32.6 Å². The lowest BCUT2D eigenvalue weighted by atomic mass is 9.99. The summed E-state index contributed by atoms with van der Waals surface area (Å²) in [6, 6.07) is 0.269. The van der Waals surface area contributed by atoms with Crippen LogP contribution in [0, 0.1) is 6.92 Å². The largest absolute Gasteiger partial charge is 0.353 e. The number of nitrogens with zero attached hydrogens (tertiary/aromatic N) is 5. The number of sulfonamides is 1. The van der Waals surface area contributed by atoms with Gasteiger partial charge in [-0.15, -0.1) is 0 Å². The number of anilines is 1. The van der Waals surface area contributed by atoms with Gasteiger partial charge in [-0.2, -0.15) is 5.10 Å². The molecule has 1 atom stereocenters. The van der Waals surface area contributed by atoms with E-state index in [-0.39, 0.29) is 6.04 Å². The van der Waals surface area contributed by atoms with Crippen LogP contribution in [0.5, 0.6) is 0 Å². The van der Waals surface area contributed by atoms with Gasteiger partial charge >= 0.3 is 0 Å². The SMILES string of the molecule is Cc1nc(N2CCCC[C@@H]2CCNS(C)(=O)=O)c2cnn(C)c2n1. The van der Waals surface area contributed by atoms with Gasteiger partial charge in [-0.3, -0.25) is 4.68 Å². The molecule has 0 saturated carbocycles. The number of rotatable bonds is 5. The minimum atomic E-state index is -3.15. The quantitative estimate of drug-likeness (QED) is 0.862. The third-order valence-corrected chi connectivity index (χ3v) is 5.15. The molecule has 8 nitrogen and oxygen atoms in total. The Morgan fingerprint density at radius 3 is 2.88 bits per heavy atom. The summed E-state index contributed by atoms with van der Waals surface area (Å²) in [7, 11) is -1.28. The molecule has 0 unspecified atom stereocenters. The van der Waals surface area contributed by atoms with E-state index in [9.17, 15) is 8.42 Å². The van der Waals surface area contributed by atoms with Gasteiger partial charge in [0.15, 0.2) is 5.65 Å². The van der Waals surface area contributed by atoms with E-state index in [1.165, 1.54) is 6.26 Å². The van der Waals surface area contributed by atoms with E-state index in [0.717, 1.165) is 54.9 Å². The summed E-state index contributed by atoms with van der Waals surface area (Å²) in [5.41, 5.74) is 0.830. The van der Waals surface area contributed by atoms with E-state index in [4.69, 9.17) is 0 Å². The van der Waals surface area contributed by atoms with Gasteiger partial charge in [-0.1, -0.05) is 0 Å². The Hall–Kier alpha value is -1.74. The van der Waals surface area contributed by atoms with Crippen molar-refractivity contribution >= 4 is 26.9 Å². The molecule has 0 spiro atoms. The van der Waals surface area contributed by atoms with Gasteiger partial charge in [0, 0.05) is 26.2 Å². The van der Waals surface area contributed by atoms with E-state index in [2.05, 4.69) is 24.7 Å². The molecule has 9 heteroatoms. The van der Waals surface area contributed by atoms with Crippen LogP contribution in [0.3, 0.4) is 0 Å². The molecule has 0 aromatic carbocycles. The number of nitrogens with one attached hydrogen (secondary N) is 1. The third kappa shape index (κ3) is 3.67. The standard InChI is InChI=1S/C15H24N6O2S/c1-11-18-14-13(10-16-20(14)2)15(19-11)21-9-5-4-6-12(21)7-8-17-24(3,22)23/h10,12,17H,4-9H2,1-3H3/t12-/m1/s1. The first-order valence-corrected chi connectivity index (χ1v) is 10.1. The van der Waals surface area contributed by atoms with Crippen LogP contribution in [0.4, 0.5) is 5.82 Å². The predicted molar refractivity (Wildman–Crippen MR) is 93.5 cm³/mol. The van der Waals surface area contributed by atoms with Crippen LogP contribution in [-0.2, 0) is 17.1 Å². The molecular formula is C15H24N6O2S. The summed E-state index contributed by atoms with van der Waals surface area (Å²) in [4.78, 5) is 11.4. The molecule has 0 aliphatic carbocycles. The van der Waals surface area contributed by atoms with Crippen LogP contribution in [0.2, 0.25) is 0 Å². The number of aromatic nitrogens is 4. The van der Waals surface area contributed by atoms with Crippen molar-refractivity contribution in [1.29, 1.82) is 0 Å². The van der Waals surface area contributed by atoms with E-state index in [0.29, 0.717) is 6.54 Å². The second-order valence-electron chi connectivity index (χ2n) is 6.40. The molecule has 3 heterocycles. The van der Waals surface area contributed by atoms with Crippen molar-refractivity contribution in [3.63, 3.8) is 0 Å². The number of piperidine rings is 1. The highest BCUT2D eigenvalue weighted by Crippen LogP contribution is 2.30. The molecule has 1 saturated heterocycles. The monoisotopic (exact) mass is 352 g/mol. The Bertz CT molecular complexity index is 832. The van der Waals surface area contributed by atoms with Crippen LogP contribution < -0.4 is 9.62 Å². The molecule has 24 heavy (non-hydrogen) atoms. The molecule has 1 aliphatic heterocycles. The van der Waals surface area contributed by atoms with Crippen molar-refractivity contribution in [3.05, 3.63) is 12.0 Å². The number of hydrogen-bond donors (Lipinski definition) is 1. The van der Waals surface area contributed by atoms with Crippen molar-refractivity contribution in [2.45, 2.75) is 38.6 Å². The van der Waals surface area contributed by atoms with Gasteiger partial charge in [-0.25, -0.2) is 23.1 Å². The summed E-state index contributed by atoms with van der Waals surface area (Å²) in [5.74, 6) is 1.63. The molecule has 0 radical (unpaired) electrons. The highest BCUT2D eigenvalue weighted by atomic mass is 32.2. The van der Waals surface area contributed by atoms with Crippen molar-refractivity contribution in [2.75, 3.05) is 24.2 Å². The lowest BCUT2D eigenvalue weighted by molar-refractivity contribution is 0.434. The van der Waals surface area contributed by atoms with Crippen LogP contribution in [0.1, 0.15) is 31.5 Å². The minimum Gasteiger partial charge on any atom is -0.353 e. The van der Waals surface area contributed by atoms with Crippen LogP contribution in [-0.4, -0.2) is 53.6 Å². The van der Waals surface area contributed by atoms with Crippen LogP contribution >= 0.6 is 0 Å². The second kappa shape index (κ2) is 6.64. The lowest BCUT2D eigenvalue weighted by Gasteiger charge is -2.37. The van der Waals surface area contributed by atoms with Gasteiger partial charge in [0.05, 0.1) is 17.8 Å². The van der Waals surface area contributed by atoms with E-state index >= 15 is 0 Å². The van der Waals surface area contributed by atoms with E-state index in [1.54, 1.807) is 4.68 Å². The third-order valence-electron chi connectivity index (χ3n) is 4.42. The topological polar surface area (TPSA) is 93.0 Å². The minimum absolute atomic E-state index is 0.269. The molecule has 0 amide bonds. The fraction of sp³-hybridized carbons (Fsp3) is 0.667. The molecule has 1 N–H and O–H groups in total. The van der Waals surface area contributed by atoms with Gasteiger partial charge < -0.3 is 4.90 Å². The summed E-state index contributed by atoms with van der Waals surface area (Å²) in [6.45, 7) is 3.25. The van der Waals surface area contributed by atoms with Crippen molar-refractivity contribution < 1.29 is 8.42 Å². The number of fused-ring (bicyclic) bond motifs is 1. The summed E-state index contributed by atoms with van der Waals surface area (Å²) >= 11 is 0. The van der Waals surface area contributed by atoms with Crippen molar-refractivity contribution in [3.8, 4) is 0 Å². The first-order chi connectivity index (χ1) is 11.3. The fourth-order valence-electron chi connectivity index (χ4n) is 3.32. The Balaban J connectivity index is 1.88. The fourth-order valence-corrected chi connectivity index (χ4v) is 3.81. The average Bonchev–Trinajstić information content (AvgIpc) is 2.87. The van der Waals surface area contributed by atoms with E-state index in [1.807, 2.05) is 20.2 Å². The number of aryl methyl sites for hydroxylation is 2. The molecule has 1 fully saturated rings. The van der Waals surface area contributed by atoms with Crippen LogP contribution in [0.25, 0.3) is 11.0 Å². The van der Waals surface area contributed by atoms with E-state index < -0.39 is 10.0 Å². The van der Waals surface area contributed by atoms with Gasteiger partial charge in [0.1, 0.15) is 11.6 Å². The van der Waals surface area contributed by atoms with Crippen molar-refractivity contribution in [2.24, 2.45) is 7.05 Å². The smallest absolute Gasteiger partial charge is 0.208 e. The Morgan fingerprint density at radius 1 is 1.33 bits per heavy atom. The number of hydrogen-bond acceptors (Lipinski definition) is 6. The zero-order valence-electron chi connectivity index (χ0n) is 14.4. The Labute approximate surface area is 142 Å². The second-order valence-corrected chi connectivity index (χ2v) is 8.23. The summed E-state index contributed by atoms with van der Waals surface area (Å²) < 4.78 is 26.9. The first-order valence-electron chi connectivity index (χ1n) is 8.23. The normalized spacial score (nSPS) is 19.1. The summed E-state index contributed by atoms with van der Waals surface area (Å²) in [5, 5.41) is 5.26. The molecule has 2 aromatic rings.